The minimum Gasteiger partial charge on any atom is -0.444 e. The van der Waals surface area contributed by atoms with Crippen molar-refractivity contribution < 1.29 is 14.3 Å². The van der Waals surface area contributed by atoms with E-state index >= 15 is 0 Å². The van der Waals surface area contributed by atoms with Gasteiger partial charge in [0.25, 0.3) is 0 Å². The number of rotatable bonds is 4. The summed E-state index contributed by atoms with van der Waals surface area (Å²) in [6, 6.07) is 0.172. The molecule has 18 heavy (non-hydrogen) atoms. The van der Waals surface area contributed by atoms with Crippen LogP contribution in [0.2, 0.25) is 0 Å². The van der Waals surface area contributed by atoms with Crippen molar-refractivity contribution in [2.45, 2.75) is 58.1 Å². The SMILES string of the molecule is CC(C)(C)OC(=O)NC1CC(CCC(=O)NN)C1. The van der Waals surface area contributed by atoms with Gasteiger partial charge in [0.15, 0.2) is 0 Å². The van der Waals surface area contributed by atoms with Crippen LogP contribution in [0.15, 0.2) is 0 Å². The lowest BCUT2D eigenvalue weighted by atomic mass is 9.77. The molecular formula is C12H23N3O3. The zero-order valence-electron chi connectivity index (χ0n) is 11.3. The molecule has 104 valence electrons. The van der Waals surface area contributed by atoms with E-state index in [-0.39, 0.29) is 18.0 Å². The first kappa shape index (κ1) is 14.8. The summed E-state index contributed by atoms with van der Waals surface area (Å²) in [7, 11) is 0. The Balaban J connectivity index is 2.12. The molecule has 0 aromatic rings. The molecule has 1 aliphatic rings. The third-order valence-corrected chi connectivity index (χ3v) is 2.90. The minimum atomic E-state index is -0.466. The van der Waals surface area contributed by atoms with E-state index in [1.165, 1.54) is 0 Å². The van der Waals surface area contributed by atoms with Crippen molar-refractivity contribution >= 4 is 12.0 Å². The summed E-state index contributed by atoms with van der Waals surface area (Å²) in [5.41, 5.74) is 1.64. The van der Waals surface area contributed by atoms with Gasteiger partial charge in [0.1, 0.15) is 5.60 Å². The van der Waals surface area contributed by atoms with Gasteiger partial charge in [-0.3, -0.25) is 10.2 Å². The molecular weight excluding hydrogens is 234 g/mol. The van der Waals surface area contributed by atoms with Gasteiger partial charge in [0, 0.05) is 12.5 Å². The van der Waals surface area contributed by atoms with Crippen LogP contribution in [0.3, 0.4) is 0 Å². The number of nitrogens with two attached hydrogens (primary N) is 1. The molecule has 1 rings (SSSR count). The van der Waals surface area contributed by atoms with Crippen molar-refractivity contribution in [1.82, 2.24) is 10.7 Å². The first-order chi connectivity index (χ1) is 8.30. The van der Waals surface area contributed by atoms with Gasteiger partial charge in [-0.25, -0.2) is 10.6 Å². The highest BCUT2D eigenvalue weighted by Crippen LogP contribution is 2.31. The Kier molecular flexibility index (Phi) is 4.95. The number of amides is 2. The summed E-state index contributed by atoms with van der Waals surface area (Å²) >= 11 is 0. The Morgan fingerprint density at radius 3 is 2.44 bits per heavy atom. The monoisotopic (exact) mass is 257 g/mol. The van der Waals surface area contributed by atoms with Crippen molar-refractivity contribution in [2.24, 2.45) is 11.8 Å². The molecule has 0 bridgehead atoms. The number of carbonyl (C=O) groups excluding carboxylic acids is 2. The number of carbonyl (C=O) groups is 2. The number of ether oxygens (including phenoxy) is 1. The first-order valence-corrected chi connectivity index (χ1v) is 6.29. The summed E-state index contributed by atoms with van der Waals surface area (Å²) in [4.78, 5) is 22.4. The molecule has 0 saturated heterocycles. The maximum atomic E-state index is 11.5. The molecule has 0 heterocycles. The molecule has 4 N–H and O–H groups in total. The van der Waals surface area contributed by atoms with E-state index in [0.717, 1.165) is 19.3 Å². The van der Waals surface area contributed by atoms with E-state index < -0.39 is 5.60 Å². The van der Waals surface area contributed by atoms with E-state index in [4.69, 9.17) is 10.6 Å². The van der Waals surface area contributed by atoms with Crippen LogP contribution < -0.4 is 16.6 Å². The van der Waals surface area contributed by atoms with Crippen LogP contribution in [0.5, 0.6) is 0 Å². The summed E-state index contributed by atoms with van der Waals surface area (Å²) < 4.78 is 5.16. The van der Waals surface area contributed by atoms with E-state index in [2.05, 4.69) is 10.7 Å². The molecule has 0 aromatic carbocycles. The largest absolute Gasteiger partial charge is 0.444 e. The zero-order chi connectivity index (χ0) is 13.8. The maximum Gasteiger partial charge on any atom is 0.407 e. The third-order valence-electron chi connectivity index (χ3n) is 2.90. The van der Waals surface area contributed by atoms with Gasteiger partial charge in [-0.05, 0) is 46.0 Å². The number of hydrogen-bond acceptors (Lipinski definition) is 4. The third kappa shape index (κ3) is 5.35. The first-order valence-electron chi connectivity index (χ1n) is 6.29. The van der Waals surface area contributed by atoms with E-state index in [1.54, 1.807) is 0 Å². The highest BCUT2D eigenvalue weighted by atomic mass is 16.6. The molecule has 0 unspecified atom stereocenters. The Morgan fingerprint density at radius 2 is 1.94 bits per heavy atom. The smallest absolute Gasteiger partial charge is 0.407 e. The van der Waals surface area contributed by atoms with E-state index in [0.29, 0.717) is 12.3 Å². The van der Waals surface area contributed by atoms with Gasteiger partial charge in [0.2, 0.25) is 5.91 Å². The fraction of sp³-hybridized carbons (Fsp3) is 0.833. The molecule has 0 atom stereocenters. The van der Waals surface area contributed by atoms with Gasteiger partial charge in [0.05, 0.1) is 0 Å². The predicted molar refractivity (Wildman–Crippen MR) is 67.4 cm³/mol. The molecule has 0 spiro atoms. The topological polar surface area (TPSA) is 93.4 Å². The molecule has 6 heteroatoms. The Labute approximate surface area is 108 Å². The van der Waals surface area contributed by atoms with Crippen molar-refractivity contribution in [3.8, 4) is 0 Å². The summed E-state index contributed by atoms with van der Waals surface area (Å²) in [5, 5.41) is 2.82. The van der Waals surface area contributed by atoms with Crippen molar-refractivity contribution in [3.63, 3.8) is 0 Å². The Hall–Kier alpha value is -1.30. The normalized spacial score (nSPS) is 22.9. The molecule has 0 aliphatic heterocycles. The molecule has 1 saturated carbocycles. The van der Waals surface area contributed by atoms with Crippen LogP contribution in [0.4, 0.5) is 4.79 Å². The van der Waals surface area contributed by atoms with Crippen molar-refractivity contribution in [3.05, 3.63) is 0 Å². The van der Waals surface area contributed by atoms with Crippen LogP contribution in [0.25, 0.3) is 0 Å². The van der Waals surface area contributed by atoms with E-state index in [9.17, 15) is 9.59 Å². The number of alkyl carbamates (subject to hydrolysis) is 1. The zero-order valence-corrected chi connectivity index (χ0v) is 11.3. The molecule has 1 fully saturated rings. The molecule has 1 aliphatic carbocycles. The lowest BCUT2D eigenvalue weighted by Crippen LogP contribution is -2.46. The number of nitrogens with one attached hydrogen (secondary N) is 2. The summed E-state index contributed by atoms with van der Waals surface area (Å²) in [6.07, 6.45) is 2.69. The predicted octanol–water partition coefficient (Wildman–Crippen LogP) is 1.06. The maximum absolute atomic E-state index is 11.5. The minimum absolute atomic E-state index is 0.140. The Bertz CT molecular complexity index is 306. The average molecular weight is 257 g/mol. The van der Waals surface area contributed by atoms with E-state index in [1.807, 2.05) is 20.8 Å². The van der Waals surface area contributed by atoms with Crippen LogP contribution >= 0.6 is 0 Å². The average Bonchev–Trinajstić information content (AvgIpc) is 2.17. The van der Waals surface area contributed by atoms with Gasteiger partial charge < -0.3 is 10.1 Å². The second kappa shape index (κ2) is 6.04. The quantitative estimate of drug-likeness (QED) is 0.399. The van der Waals surface area contributed by atoms with Crippen LogP contribution in [0.1, 0.15) is 46.5 Å². The second-order valence-electron chi connectivity index (χ2n) is 5.79. The lowest BCUT2D eigenvalue weighted by Gasteiger charge is -2.36. The van der Waals surface area contributed by atoms with Gasteiger partial charge in [-0.2, -0.15) is 0 Å². The standard InChI is InChI=1S/C12H23N3O3/c1-12(2,3)18-11(17)14-9-6-8(7-9)4-5-10(16)15-13/h8-9H,4-7,13H2,1-3H3,(H,14,17)(H,15,16). The van der Waals surface area contributed by atoms with Crippen LogP contribution in [-0.2, 0) is 9.53 Å². The Morgan fingerprint density at radius 1 is 1.33 bits per heavy atom. The highest BCUT2D eigenvalue weighted by Gasteiger charge is 2.31. The molecule has 2 amide bonds. The highest BCUT2D eigenvalue weighted by molar-refractivity contribution is 5.75. The van der Waals surface area contributed by atoms with Gasteiger partial charge in [-0.1, -0.05) is 0 Å². The fourth-order valence-electron chi connectivity index (χ4n) is 1.97. The van der Waals surface area contributed by atoms with Crippen LogP contribution in [-0.4, -0.2) is 23.6 Å². The van der Waals surface area contributed by atoms with Crippen LogP contribution in [0, 0.1) is 5.92 Å². The summed E-state index contributed by atoms with van der Waals surface area (Å²) in [6.45, 7) is 5.50. The van der Waals surface area contributed by atoms with Crippen molar-refractivity contribution in [2.75, 3.05) is 0 Å². The molecule has 0 aromatic heterocycles. The molecule has 6 nitrogen and oxygen atoms in total. The van der Waals surface area contributed by atoms with Gasteiger partial charge >= 0.3 is 6.09 Å². The lowest BCUT2D eigenvalue weighted by molar-refractivity contribution is -0.121. The molecule has 0 radical (unpaired) electrons. The van der Waals surface area contributed by atoms with Gasteiger partial charge in [-0.15, -0.1) is 0 Å². The second-order valence-corrected chi connectivity index (χ2v) is 5.79. The number of hydrazine groups is 1. The fourth-order valence-corrected chi connectivity index (χ4v) is 1.97. The summed E-state index contributed by atoms with van der Waals surface area (Å²) in [5.74, 6) is 5.34. The number of hydrogen-bond donors (Lipinski definition) is 3. The van der Waals surface area contributed by atoms with Crippen molar-refractivity contribution in [1.29, 1.82) is 0 Å².